The molecule has 2 rings (SSSR count). The van der Waals surface area contributed by atoms with Crippen LogP contribution in [0.1, 0.15) is 11.4 Å². The van der Waals surface area contributed by atoms with Crippen molar-refractivity contribution in [1.29, 1.82) is 0 Å². The van der Waals surface area contributed by atoms with E-state index in [4.69, 9.17) is 0 Å². The van der Waals surface area contributed by atoms with E-state index in [1.807, 2.05) is 7.05 Å². The molecule has 2 aromatic rings. The average molecular weight is 174 g/mol. The van der Waals surface area contributed by atoms with Gasteiger partial charge in [0.25, 0.3) is 0 Å². The van der Waals surface area contributed by atoms with Crippen LogP contribution in [-0.2, 0) is 7.05 Å². The molecule has 0 aliphatic rings. The Balaban J connectivity index is 2.57. The van der Waals surface area contributed by atoms with Crippen LogP contribution in [0, 0.1) is 13.8 Å². The van der Waals surface area contributed by atoms with E-state index in [0.29, 0.717) is 0 Å². The van der Waals surface area contributed by atoms with Gasteiger partial charge in [0, 0.05) is 30.8 Å². The van der Waals surface area contributed by atoms with Crippen LogP contribution < -0.4 is 0 Å². The maximum Gasteiger partial charge on any atom is 0.0631 e. The van der Waals surface area contributed by atoms with Gasteiger partial charge in [0.1, 0.15) is 0 Å². The summed E-state index contributed by atoms with van der Waals surface area (Å²) in [6.07, 6.45) is 4.19. The van der Waals surface area contributed by atoms with Gasteiger partial charge >= 0.3 is 0 Å². The third-order valence-electron chi connectivity index (χ3n) is 2.35. The second-order valence-corrected chi connectivity index (χ2v) is 3.49. The molecule has 0 bridgehead atoms. The number of hydrogen-bond donors (Lipinski definition) is 0. The molecule has 0 radical (unpaired) electrons. The number of hydrogen-bond acceptors (Lipinski definition) is 0. The largest absolute Gasteiger partial charge is 0.355 e. The fourth-order valence-corrected chi connectivity index (χ4v) is 1.70. The van der Waals surface area contributed by atoms with E-state index in [2.05, 4.69) is 53.6 Å². The van der Waals surface area contributed by atoms with Crippen molar-refractivity contribution in [3.63, 3.8) is 0 Å². The summed E-state index contributed by atoms with van der Waals surface area (Å²) in [5.41, 5.74) is 3.80. The Kier molecular flexibility index (Phi) is 1.76. The minimum atomic E-state index is 1.24. The highest BCUT2D eigenvalue weighted by atomic mass is 15.0. The molecule has 0 saturated heterocycles. The van der Waals surface area contributed by atoms with Crippen LogP contribution in [0.4, 0.5) is 0 Å². The third kappa shape index (κ3) is 1.28. The Labute approximate surface area is 78.4 Å². The SMILES string of the molecule is Cc1ccc(C)n1-c1ccn(C)c1. The summed E-state index contributed by atoms with van der Waals surface area (Å²) in [5, 5.41) is 0. The maximum atomic E-state index is 2.25. The molecule has 2 heterocycles. The molecule has 0 amide bonds. The summed E-state index contributed by atoms with van der Waals surface area (Å²) < 4.78 is 4.31. The number of rotatable bonds is 1. The first-order valence-electron chi connectivity index (χ1n) is 4.46. The Bertz CT molecular complexity index is 401. The van der Waals surface area contributed by atoms with Crippen molar-refractivity contribution in [3.05, 3.63) is 42.0 Å². The van der Waals surface area contributed by atoms with Gasteiger partial charge in [-0.05, 0) is 32.0 Å². The van der Waals surface area contributed by atoms with E-state index in [9.17, 15) is 0 Å². The highest BCUT2D eigenvalue weighted by molar-refractivity contribution is 5.35. The summed E-state index contributed by atoms with van der Waals surface area (Å²) in [6, 6.07) is 6.41. The molecule has 0 saturated carbocycles. The summed E-state index contributed by atoms with van der Waals surface area (Å²) in [4.78, 5) is 0. The van der Waals surface area contributed by atoms with E-state index in [0.717, 1.165) is 0 Å². The van der Waals surface area contributed by atoms with Gasteiger partial charge in [-0.15, -0.1) is 0 Å². The Morgan fingerprint density at radius 1 is 1.00 bits per heavy atom. The second kappa shape index (κ2) is 2.80. The molecule has 0 fully saturated rings. The first kappa shape index (κ1) is 8.17. The Morgan fingerprint density at radius 3 is 2.08 bits per heavy atom. The summed E-state index contributed by atoms with van der Waals surface area (Å²) in [6.45, 7) is 4.25. The molecule has 2 nitrogen and oxygen atoms in total. The quantitative estimate of drug-likeness (QED) is 0.628. The van der Waals surface area contributed by atoms with Crippen molar-refractivity contribution in [1.82, 2.24) is 9.13 Å². The van der Waals surface area contributed by atoms with Crippen molar-refractivity contribution >= 4 is 0 Å². The zero-order valence-electron chi connectivity index (χ0n) is 8.28. The Hall–Kier alpha value is -1.44. The van der Waals surface area contributed by atoms with E-state index in [1.165, 1.54) is 17.1 Å². The molecule has 0 aliphatic carbocycles. The van der Waals surface area contributed by atoms with Crippen LogP contribution in [0.3, 0.4) is 0 Å². The van der Waals surface area contributed by atoms with Crippen molar-refractivity contribution in [2.24, 2.45) is 7.05 Å². The highest BCUT2D eigenvalue weighted by Gasteiger charge is 2.03. The predicted molar refractivity (Wildman–Crippen MR) is 54.2 cm³/mol. The van der Waals surface area contributed by atoms with Crippen LogP contribution in [0.5, 0.6) is 0 Å². The van der Waals surface area contributed by atoms with Crippen LogP contribution in [0.25, 0.3) is 5.69 Å². The van der Waals surface area contributed by atoms with Gasteiger partial charge in [0.15, 0.2) is 0 Å². The lowest BCUT2D eigenvalue weighted by Gasteiger charge is -2.05. The molecule has 0 spiro atoms. The standard InChI is InChI=1S/C11H14N2/c1-9-4-5-10(2)13(9)11-6-7-12(3)8-11/h4-8H,1-3H3. The van der Waals surface area contributed by atoms with E-state index in [-0.39, 0.29) is 0 Å². The van der Waals surface area contributed by atoms with Gasteiger partial charge in [-0.1, -0.05) is 0 Å². The number of aryl methyl sites for hydroxylation is 3. The van der Waals surface area contributed by atoms with Crippen molar-refractivity contribution < 1.29 is 0 Å². The van der Waals surface area contributed by atoms with Crippen molar-refractivity contribution in [3.8, 4) is 5.69 Å². The normalized spacial score (nSPS) is 10.7. The van der Waals surface area contributed by atoms with Crippen molar-refractivity contribution in [2.75, 3.05) is 0 Å². The lowest BCUT2D eigenvalue weighted by atomic mass is 10.4. The Morgan fingerprint density at radius 2 is 1.62 bits per heavy atom. The predicted octanol–water partition coefficient (Wildman–Crippen LogP) is 2.43. The molecule has 0 unspecified atom stereocenters. The van der Waals surface area contributed by atoms with E-state index < -0.39 is 0 Å². The van der Waals surface area contributed by atoms with Gasteiger partial charge in [0.2, 0.25) is 0 Å². The van der Waals surface area contributed by atoms with Crippen LogP contribution in [0.2, 0.25) is 0 Å². The average Bonchev–Trinajstić information content (AvgIpc) is 2.60. The molecule has 2 heteroatoms. The van der Waals surface area contributed by atoms with E-state index >= 15 is 0 Å². The van der Waals surface area contributed by atoms with Crippen molar-refractivity contribution in [2.45, 2.75) is 13.8 Å². The minimum absolute atomic E-state index is 1.24. The summed E-state index contributed by atoms with van der Waals surface area (Å²) >= 11 is 0. The highest BCUT2D eigenvalue weighted by Crippen LogP contribution is 2.15. The minimum Gasteiger partial charge on any atom is -0.355 e. The lowest BCUT2D eigenvalue weighted by Crippen LogP contribution is -1.96. The van der Waals surface area contributed by atoms with Crippen LogP contribution in [-0.4, -0.2) is 9.13 Å². The smallest absolute Gasteiger partial charge is 0.0631 e. The zero-order chi connectivity index (χ0) is 9.42. The van der Waals surface area contributed by atoms with Gasteiger partial charge in [-0.3, -0.25) is 0 Å². The molecule has 2 aromatic heterocycles. The third-order valence-corrected chi connectivity index (χ3v) is 2.35. The molecular weight excluding hydrogens is 160 g/mol. The number of aromatic nitrogens is 2. The van der Waals surface area contributed by atoms with Gasteiger partial charge in [-0.25, -0.2) is 0 Å². The van der Waals surface area contributed by atoms with E-state index in [1.54, 1.807) is 0 Å². The topological polar surface area (TPSA) is 9.86 Å². The maximum absolute atomic E-state index is 2.25. The van der Waals surface area contributed by atoms with Gasteiger partial charge in [-0.2, -0.15) is 0 Å². The molecular formula is C11H14N2. The second-order valence-electron chi connectivity index (χ2n) is 3.49. The van der Waals surface area contributed by atoms with Gasteiger partial charge < -0.3 is 9.13 Å². The molecule has 0 aromatic carbocycles. The fourth-order valence-electron chi connectivity index (χ4n) is 1.70. The number of nitrogens with zero attached hydrogens (tertiary/aromatic N) is 2. The van der Waals surface area contributed by atoms with Gasteiger partial charge in [0.05, 0.1) is 5.69 Å². The van der Waals surface area contributed by atoms with Crippen LogP contribution >= 0.6 is 0 Å². The molecule has 0 atom stereocenters. The summed E-state index contributed by atoms with van der Waals surface area (Å²) in [7, 11) is 2.04. The fraction of sp³-hybridized carbons (Fsp3) is 0.273. The van der Waals surface area contributed by atoms with Crippen LogP contribution in [0.15, 0.2) is 30.6 Å². The first-order chi connectivity index (χ1) is 6.18. The summed E-state index contributed by atoms with van der Waals surface area (Å²) in [5.74, 6) is 0. The lowest BCUT2D eigenvalue weighted by molar-refractivity contribution is 0.907. The molecule has 0 N–H and O–H groups in total. The first-order valence-corrected chi connectivity index (χ1v) is 4.46. The molecule has 0 aliphatic heterocycles. The monoisotopic (exact) mass is 174 g/mol. The zero-order valence-corrected chi connectivity index (χ0v) is 8.28. The molecule has 13 heavy (non-hydrogen) atoms. The molecule has 68 valence electrons.